The number of hydrogen-bond acceptors (Lipinski definition) is 7. The summed E-state index contributed by atoms with van der Waals surface area (Å²) in [7, 11) is 0. The predicted molar refractivity (Wildman–Crippen MR) is 141 cm³/mol. The molecule has 2 aliphatic heterocycles. The van der Waals surface area contributed by atoms with Crippen molar-refractivity contribution in [3.63, 3.8) is 0 Å². The van der Waals surface area contributed by atoms with Crippen molar-refractivity contribution >= 4 is 23.4 Å². The number of rotatable bonds is 4. The highest BCUT2D eigenvalue weighted by Gasteiger charge is 2.28. The number of ether oxygens (including phenoxy) is 1. The largest absolute Gasteiger partial charge is 0.444 e. The number of halogens is 1. The summed E-state index contributed by atoms with van der Waals surface area (Å²) in [5.41, 5.74) is 4.56. The first-order chi connectivity index (χ1) is 17.6. The van der Waals surface area contributed by atoms with Crippen LogP contribution < -0.4 is 10.8 Å². The quantitative estimate of drug-likeness (QED) is 0.376. The van der Waals surface area contributed by atoms with Crippen molar-refractivity contribution in [2.45, 2.75) is 45.4 Å². The Labute approximate surface area is 216 Å². The lowest BCUT2D eigenvalue weighted by Crippen LogP contribution is -2.48. The van der Waals surface area contributed by atoms with E-state index < -0.39 is 11.8 Å². The van der Waals surface area contributed by atoms with Crippen LogP contribution in [-0.4, -0.2) is 54.8 Å². The average Bonchev–Trinajstić information content (AvgIpc) is 3.06. The van der Waals surface area contributed by atoms with Gasteiger partial charge in [0.05, 0.1) is 30.0 Å². The molecular weight excluding hydrogens is 473 g/mol. The van der Waals surface area contributed by atoms with E-state index in [-0.39, 0.29) is 25.1 Å². The van der Waals surface area contributed by atoms with Crippen LogP contribution in [0.3, 0.4) is 0 Å². The highest BCUT2D eigenvalue weighted by molar-refractivity contribution is 5.98. The first kappa shape index (κ1) is 26.2. The third-order valence-electron chi connectivity index (χ3n) is 6.38. The molecule has 9 heteroatoms. The first-order valence-electron chi connectivity index (χ1n) is 12.3. The summed E-state index contributed by atoms with van der Waals surface area (Å²) in [4.78, 5) is 25.6. The van der Waals surface area contributed by atoms with E-state index in [4.69, 9.17) is 15.5 Å². The zero-order chi connectivity index (χ0) is 26.7. The summed E-state index contributed by atoms with van der Waals surface area (Å²) in [6, 6.07) is 13.2. The fraction of sp³-hybridized carbons (Fsp3) is 0.393. The molecule has 1 saturated heterocycles. The molecule has 0 atom stereocenters. The number of hydrogen-bond donors (Lipinski definition) is 1. The van der Waals surface area contributed by atoms with Gasteiger partial charge in [0.2, 0.25) is 5.90 Å². The van der Waals surface area contributed by atoms with Crippen molar-refractivity contribution in [2.24, 2.45) is 10.9 Å². The van der Waals surface area contributed by atoms with Crippen molar-refractivity contribution in [3.05, 3.63) is 70.8 Å². The fourth-order valence-corrected chi connectivity index (χ4v) is 4.42. The van der Waals surface area contributed by atoms with Crippen molar-refractivity contribution in [1.29, 1.82) is 5.26 Å². The van der Waals surface area contributed by atoms with Crippen LogP contribution in [0.4, 0.5) is 14.9 Å². The van der Waals surface area contributed by atoms with Gasteiger partial charge in [0.1, 0.15) is 17.8 Å². The van der Waals surface area contributed by atoms with Crippen molar-refractivity contribution in [2.75, 3.05) is 31.1 Å². The van der Waals surface area contributed by atoms with Crippen LogP contribution in [0.2, 0.25) is 0 Å². The van der Waals surface area contributed by atoms with Gasteiger partial charge in [-0.1, -0.05) is 18.7 Å². The summed E-state index contributed by atoms with van der Waals surface area (Å²) in [5.74, 6) is 5.65. The van der Waals surface area contributed by atoms with E-state index in [1.54, 1.807) is 23.1 Å². The molecule has 2 aromatic carbocycles. The van der Waals surface area contributed by atoms with Crippen LogP contribution in [0.5, 0.6) is 0 Å². The van der Waals surface area contributed by atoms with Gasteiger partial charge in [0, 0.05) is 18.7 Å². The van der Waals surface area contributed by atoms with Crippen molar-refractivity contribution in [1.82, 2.24) is 4.90 Å². The molecule has 2 aromatic rings. The highest BCUT2D eigenvalue weighted by atomic mass is 19.1. The Morgan fingerprint density at radius 1 is 1.14 bits per heavy atom. The van der Waals surface area contributed by atoms with Crippen molar-refractivity contribution < 1.29 is 18.8 Å². The Hall–Kier alpha value is -3.90. The Kier molecular flexibility index (Phi) is 7.50. The summed E-state index contributed by atoms with van der Waals surface area (Å²) in [6.45, 7) is 11.4. The van der Waals surface area contributed by atoms with Gasteiger partial charge >= 0.3 is 6.09 Å². The molecule has 194 valence electrons. The molecule has 0 radical (unpaired) electrons. The molecule has 37 heavy (non-hydrogen) atoms. The van der Waals surface area contributed by atoms with Crippen LogP contribution in [0.1, 0.15) is 48.6 Å². The lowest BCUT2D eigenvalue weighted by atomic mass is 9.99. The molecule has 1 fully saturated rings. The van der Waals surface area contributed by atoms with Gasteiger partial charge in [-0.05, 0) is 74.6 Å². The Balaban J connectivity index is 1.50. The third-order valence-corrected chi connectivity index (χ3v) is 6.38. The maximum Gasteiger partial charge on any atom is 0.410 e. The SMILES string of the molecule is C=C(/N=C(\ON)c1ccc(N2CC(F)C2)c(C#N)c1)c1ccc2c(c1)CCN(C(=O)OC(C)(C)C)CC2. The zero-order valence-electron chi connectivity index (χ0n) is 21.5. The molecule has 0 bridgehead atoms. The van der Waals surface area contributed by atoms with Crippen molar-refractivity contribution in [3.8, 4) is 6.07 Å². The second-order valence-electron chi connectivity index (χ2n) is 10.3. The topological polar surface area (TPSA) is 104 Å². The van der Waals surface area contributed by atoms with Gasteiger partial charge in [0.15, 0.2) is 0 Å². The molecule has 2 aliphatic rings. The number of nitriles is 1. The van der Waals surface area contributed by atoms with E-state index in [0.29, 0.717) is 42.0 Å². The maximum atomic E-state index is 13.3. The fourth-order valence-electron chi connectivity index (χ4n) is 4.42. The molecule has 0 unspecified atom stereocenters. The van der Waals surface area contributed by atoms with Gasteiger partial charge in [0.25, 0.3) is 0 Å². The second-order valence-corrected chi connectivity index (χ2v) is 10.3. The number of amides is 1. The predicted octanol–water partition coefficient (Wildman–Crippen LogP) is 4.36. The molecule has 0 aromatic heterocycles. The summed E-state index contributed by atoms with van der Waals surface area (Å²) in [6.07, 6.45) is 0.231. The van der Waals surface area contributed by atoms with Crippen LogP contribution in [0.15, 0.2) is 48.0 Å². The van der Waals surface area contributed by atoms with Crippen LogP contribution in [0, 0.1) is 11.3 Å². The zero-order valence-corrected chi connectivity index (χ0v) is 21.5. The number of nitrogens with two attached hydrogens (primary N) is 1. The standard InChI is InChI=1S/C28H32FN5O3/c1-18(32-26(37-31)22-7-8-25(23(14-22)15-30)34-16-24(29)17-34)20-6-5-19-9-11-33(12-10-21(19)13-20)27(35)36-28(2,3)4/h5-8,13-14,24H,1,9-12,16-17,31H2,2-4H3/b32-26-. The number of anilines is 1. The Morgan fingerprint density at radius 3 is 2.43 bits per heavy atom. The average molecular weight is 506 g/mol. The minimum Gasteiger partial charge on any atom is -0.444 e. The smallest absolute Gasteiger partial charge is 0.410 e. The summed E-state index contributed by atoms with van der Waals surface area (Å²) in [5, 5.41) is 9.60. The lowest BCUT2D eigenvalue weighted by molar-refractivity contribution is 0.0258. The monoisotopic (exact) mass is 505 g/mol. The van der Waals surface area contributed by atoms with E-state index >= 15 is 0 Å². The molecule has 2 heterocycles. The van der Waals surface area contributed by atoms with Gasteiger partial charge in [-0.15, -0.1) is 0 Å². The number of benzene rings is 2. The number of fused-ring (bicyclic) bond motifs is 1. The molecule has 0 saturated carbocycles. The number of aliphatic imine (C=N–C) groups is 1. The molecule has 2 N–H and O–H groups in total. The minimum atomic E-state index is -0.875. The Morgan fingerprint density at radius 2 is 1.81 bits per heavy atom. The first-order valence-corrected chi connectivity index (χ1v) is 12.3. The molecule has 1 amide bonds. The van der Waals surface area contributed by atoms with Crippen LogP contribution in [0.25, 0.3) is 5.70 Å². The lowest BCUT2D eigenvalue weighted by Gasteiger charge is -2.36. The number of alkyl halides is 1. The van der Waals surface area contributed by atoms with E-state index in [1.165, 1.54) is 0 Å². The van der Waals surface area contributed by atoms with Gasteiger partial charge < -0.3 is 19.4 Å². The molecule has 4 rings (SSSR count). The van der Waals surface area contributed by atoms with Crippen LogP contribution >= 0.6 is 0 Å². The summed E-state index contributed by atoms with van der Waals surface area (Å²) >= 11 is 0. The van der Waals surface area contributed by atoms with E-state index in [0.717, 1.165) is 23.1 Å². The molecular formula is C28H32FN5O3. The van der Waals surface area contributed by atoms with Gasteiger partial charge in [-0.2, -0.15) is 11.2 Å². The maximum absolute atomic E-state index is 13.3. The van der Waals surface area contributed by atoms with E-state index in [1.807, 2.05) is 43.9 Å². The number of carbonyl (C=O) groups excluding carboxylic acids is 1. The van der Waals surface area contributed by atoms with E-state index in [9.17, 15) is 14.4 Å². The van der Waals surface area contributed by atoms with E-state index in [2.05, 4.69) is 17.6 Å². The van der Waals surface area contributed by atoms with Crippen LogP contribution in [-0.2, 0) is 22.4 Å². The highest BCUT2D eigenvalue weighted by Crippen LogP contribution is 2.28. The normalized spacial score (nSPS) is 16.3. The minimum absolute atomic E-state index is 0.117. The van der Waals surface area contributed by atoms with Gasteiger partial charge in [-0.3, -0.25) is 0 Å². The number of carbonyl (C=O) groups is 1. The molecule has 0 spiro atoms. The third kappa shape index (κ3) is 6.09. The van der Waals surface area contributed by atoms with Gasteiger partial charge in [-0.25, -0.2) is 14.2 Å². The molecule has 8 nitrogen and oxygen atoms in total. The molecule has 0 aliphatic carbocycles. The Bertz CT molecular complexity index is 1270. The summed E-state index contributed by atoms with van der Waals surface area (Å²) < 4.78 is 18.8. The number of nitrogens with zero attached hydrogens (tertiary/aromatic N) is 4. The second kappa shape index (κ2) is 10.6.